The van der Waals surface area contributed by atoms with Gasteiger partial charge < -0.3 is 4.90 Å². The van der Waals surface area contributed by atoms with Crippen molar-refractivity contribution in [1.82, 2.24) is 0 Å². The molecule has 1 aliphatic rings. The summed E-state index contributed by atoms with van der Waals surface area (Å²) >= 11 is 0. The van der Waals surface area contributed by atoms with Crippen molar-refractivity contribution in [3.05, 3.63) is 30.3 Å². The average Bonchev–Trinajstić information content (AvgIpc) is 2.48. The molecule has 1 aromatic carbocycles. The molecule has 0 bridgehead atoms. The van der Waals surface area contributed by atoms with Crippen LogP contribution >= 0.6 is 0 Å². The standard InChI is InChI=1S/C10H10F2N/c11-10(12)6-7-13(8-10)9-4-2-1-3-5-9/h2-5H,6-8H2. The van der Waals surface area contributed by atoms with Crippen molar-refractivity contribution in [3.8, 4) is 0 Å². The van der Waals surface area contributed by atoms with Crippen LogP contribution < -0.4 is 4.90 Å². The van der Waals surface area contributed by atoms with Gasteiger partial charge in [-0.05, 0) is 18.2 Å². The smallest absolute Gasteiger partial charge is 0.266 e. The molecule has 13 heavy (non-hydrogen) atoms. The van der Waals surface area contributed by atoms with E-state index < -0.39 is 5.92 Å². The number of rotatable bonds is 1. The number of nitrogens with zero attached hydrogens (tertiary/aromatic N) is 1. The molecular weight excluding hydrogens is 172 g/mol. The van der Waals surface area contributed by atoms with Crippen LogP contribution in [0.3, 0.4) is 0 Å². The van der Waals surface area contributed by atoms with Gasteiger partial charge in [-0.1, -0.05) is 12.1 Å². The first kappa shape index (κ1) is 8.48. The summed E-state index contributed by atoms with van der Waals surface area (Å²) in [6.07, 6.45) is -0.0361. The van der Waals surface area contributed by atoms with Crippen molar-refractivity contribution >= 4 is 5.69 Å². The predicted octanol–water partition coefficient (Wildman–Crippen LogP) is 2.33. The van der Waals surface area contributed by atoms with Crippen LogP contribution in [0.5, 0.6) is 0 Å². The first-order valence-corrected chi connectivity index (χ1v) is 4.26. The van der Waals surface area contributed by atoms with Crippen molar-refractivity contribution in [1.29, 1.82) is 0 Å². The van der Waals surface area contributed by atoms with Gasteiger partial charge in [0.2, 0.25) is 0 Å². The van der Waals surface area contributed by atoms with Crippen LogP contribution in [-0.4, -0.2) is 19.0 Å². The average molecular weight is 182 g/mol. The SMILES string of the molecule is FC1(F)CCN(c2cc[c]cc2)C1. The van der Waals surface area contributed by atoms with Crippen LogP contribution in [-0.2, 0) is 0 Å². The number of halogens is 2. The molecule has 1 heterocycles. The minimum atomic E-state index is -2.51. The number of hydrogen-bond donors (Lipinski definition) is 0. The number of hydrogen-bond acceptors (Lipinski definition) is 1. The summed E-state index contributed by atoms with van der Waals surface area (Å²) in [5.41, 5.74) is 0.857. The summed E-state index contributed by atoms with van der Waals surface area (Å²) in [5.74, 6) is -2.51. The Morgan fingerprint density at radius 2 is 2.00 bits per heavy atom. The van der Waals surface area contributed by atoms with Gasteiger partial charge in [-0.2, -0.15) is 0 Å². The van der Waals surface area contributed by atoms with Gasteiger partial charge in [0.1, 0.15) is 0 Å². The van der Waals surface area contributed by atoms with Crippen LogP contribution in [0.25, 0.3) is 0 Å². The lowest BCUT2D eigenvalue weighted by Crippen LogP contribution is -2.24. The van der Waals surface area contributed by atoms with Crippen molar-refractivity contribution < 1.29 is 8.78 Å². The van der Waals surface area contributed by atoms with E-state index in [-0.39, 0.29) is 13.0 Å². The molecule has 0 unspecified atom stereocenters. The van der Waals surface area contributed by atoms with E-state index in [4.69, 9.17) is 0 Å². The summed E-state index contributed by atoms with van der Waals surface area (Å²) in [6.45, 7) is 0.286. The normalized spacial score (nSPS) is 20.6. The van der Waals surface area contributed by atoms with E-state index >= 15 is 0 Å². The van der Waals surface area contributed by atoms with Crippen LogP contribution in [0.4, 0.5) is 14.5 Å². The van der Waals surface area contributed by atoms with Crippen LogP contribution in [0, 0.1) is 6.07 Å². The molecule has 1 saturated heterocycles. The Balaban J connectivity index is 2.13. The van der Waals surface area contributed by atoms with E-state index in [1.807, 2.05) is 0 Å². The maximum atomic E-state index is 12.8. The molecule has 0 aromatic heterocycles. The third kappa shape index (κ3) is 1.79. The Kier molecular flexibility index (Phi) is 1.94. The summed E-state index contributed by atoms with van der Waals surface area (Å²) in [4.78, 5) is 1.70. The molecule has 0 amide bonds. The minimum Gasteiger partial charge on any atom is -0.365 e. The molecule has 3 heteroatoms. The molecule has 1 fully saturated rings. The highest BCUT2D eigenvalue weighted by atomic mass is 19.3. The zero-order valence-electron chi connectivity index (χ0n) is 7.13. The second-order valence-electron chi connectivity index (χ2n) is 3.29. The van der Waals surface area contributed by atoms with Gasteiger partial charge in [-0.3, -0.25) is 0 Å². The van der Waals surface area contributed by atoms with Gasteiger partial charge in [-0.25, -0.2) is 8.78 Å². The molecule has 1 aliphatic heterocycles. The summed E-state index contributed by atoms with van der Waals surface area (Å²) in [6, 6.07) is 9.96. The van der Waals surface area contributed by atoms with E-state index in [1.165, 1.54) is 0 Å². The maximum Gasteiger partial charge on any atom is 0.266 e. The van der Waals surface area contributed by atoms with Gasteiger partial charge in [0.15, 0.2) is 0 Å². The molecule has 1 radical (unpaired) electrons. The van der Waals surface area contributed by atoms with Gasteiger partial charge in [0.25, 0.3) is 5.92 Å². The second-order valence-corrected chi connectivity index (χ2v) is 3.29. The third-order valence-corrected chi connectivity index (χ3v) is 2.24. The van der Waals surface area contributed by atoms with E-state index in [2.05, 4.69) is 6.07 Å². The Morgan fingerprint density at radius 3 is 2.54 bits per heavy atom. The summed E-state index contributed by atoms with van der Waals surface area (Å²) in [7, 11) is 0. The maximum absolute atomic E-state index is 12.8. The number of anilines is 1. The van der Waals surface area contributed by atoms with Crippen LogP contribution in [0.2, 0.25) is 0 Å². The highest BCUT2D eigenvalue weighted by Gasteiger charge is 2.38. The summed E-state index contributed by atoms with van der Waals surface area (Å²) in [5, 5.41) is 0. The van der Waals surface area contributed by atoms with Crippen molar-refractivity contribution in [2.45, 2.75) is 12.3 Å². The zero-order valence-corrected chi connectivity index (χ0v) is 7.13. The number of alkyl halides is 2. The fraction of sp³-hybridized carbons (Fsp3) is 0.400. The fourth-order valence-corrected chi connectivity index (χ4v) is 1.55. The van der Waals surface area contributed by atoms with Gasteiger partial charge >= 0.3 is 0 Å². The highest BCUT2D eigenvalue weighted by Crippen LogP contribution is 2.30. The lowest BCUT2D eigenvalue weighted by atomic mass is 10.3. The minimum absolute atomic E-state index is 0.0361. The van der Waals surface area contributed by atoms with E-state index in [0.717, 1.165) is 5.69 Å². The lowest BCUT2D eigenvalue weighted by molar-refractivity contribution is 0.0257. The second kappa shape index (κ2) is 2.98. The highest BCUT2D eigenvalue weighted by molar-refractivity contribution is 5.47. The molecule has 0 spiro atoms. The quantitative estimate of drug-likeness (QED) is 0.644. The molecule has 0 N–H and O–H groups in total. The lowest BCUT2D eigenvalue weighted by Gasteiger charge is -2.17. The predicted molar refractivity (Wildman–Crippen MR) is 47.1 cm³/mol. The molecular formula is C10H10F2N. The first-order chi connectivity index (χ1) is 6.17. The third-order valence-electron chi connectivity index (χ3n) is 2.24. The van der Waals surface area contributed by atoms with E-state index in [0.29, 0.717) is 6.54 Å². The van der Waals surface area contributed by atoms with Gasteiger partial charge in [0.05, 0.1) is 6.54 Å². The van der Waals surface area contributed by atoms with Crippen molar-refractivity contribution in [3.63, 3.8) is 0 Å². The van der Waals surface area contributed by atoms with Crippen LogP contribution in [0.15, 0.2) is 24.3 Å². The fourth-order valence-electron chi connectivity index (χ4n) is 1.55. The Hall–Kier alpha value is -1.12. The monoisotopic (exact) mass is 182 g/mol. The molecule has 1 aromatic rings. The van der Waals surface area contributed by atoms with Crippen molar-refractivity contribution in [2.24, 2.45) is 0 Å². The first-order valence-electron chi connectivity index (χ1n) is 4.26. The van der Waals surface area contributed by atoms with E-state index in [1.54, 1.807) is 29.2 Å². The topological polar surface area (TPSA) is 3.24 Å². The number of benzene rings is 1. The molecule has 0 aliphatic carbocycles. The molecule has 0 atom stereocenters. The Bertz CT molecular complexity index is 284. The van der Waals surface area contributed by atoms with E-state index in [9.17, 15) is 8.78 Å². The van der Waals surface area contributed by atoms with Gasteiger partial charge in [0, 0.05) is 18.7 Å². The summed E-state index contributed by atoms with van der Waals surface area (Å²) < 4.78 is 25.7. The molecule has 69 valence electrons. The van der Waals surface area contributed by atoms with Crippen LogP contribution in [0.1, 0.15) is 6.42 Å². The Morgan fingerprint density at radius 1 is 1.31 bits per heavy atom. The molecule has 1 nitrogen and oxygen atoms in total. The largest absolute Gasteiger partial charge is 0.365 e. The zero-order chi connectivity index (χ0) is 9.31. The van der Waals surface area contributed by atoms with Gasteiger partial charge in [-0.15, -0.1) is 0 Å². The molecule has 0 saturated carbocycles. The van der Waals surface area contributed by atoms with Crippen molar-refractivity contribution in [2.75, 3.05) is 18.0 Å². The Labute approximate surface area is 76.0 Å². The molecule has 2 rings (SSSR count).